The van der Waals surface area contributed by atoms with Crippen LogP contribution in [0.15, 0.2) is 0 Å². The lowest BCUT2D eigenvalue weighted by Gasteiger charge is -2.16. The summed E-state index contributed by atoms with van der Waals surface area (Å²) in [5.74, 6) is 0.681. The van der Waals surface area contributed by atoms with E-state index in [1.54, 1.807) is 0 Å². The Hall–Kier alpha value is -0.610. The third-order valence-corrected chi connectivity index (χ3v) is 2.97. The molecule has 1 unspecified atom stereocenters. The number of carbonyl (C=O) groups excluding carboxylic acids is 1. The van der Waals surface area contributed by atoms with E-state index in [2.05, 4.69) is 0 Å². The summed E-state index contributed by atoms with van der Waals surface area (Å²) in [4.78, 5) is 13.5. The zero-order chi connectivity index (χ0) is 11.1. The van der Waals surface area contributed by atoms with Crippen LogP contribution in [0.1, 0.15) is 32.1 Å². The van der Waals surface area contributed by atoms with Gasteiger partial charge in [0.25, 0.3) is 0 Å². The van der Waals surface area contributed by atoms with Crippen molar-refractivity contribution >= 4 is 5.91 Å². The fourth-order valence-corrected chi connectivity index (χ4v) is 2.02. The van der Waals surface area contributed by atoms with Crippen LogP contribution < -0.4 is 0 Å². The van der Waals surface area contributed by atoms with Crippen molar-refractivity contribution in [3.63, 3.8) is 0 Å². The number of rotatable bonds is 6. The van der Waals surface area contributed by atoms with E-state index < -0.39 is 0 Å². The van der Waals surface area contributed by atoms with Gasteiger partial charge in [0.05, 0.1) is 0 Å². The lowest BCUT2D eigenvalue weighted by atomic mass is 10.1. The molecule has 1 fully saturated rings. The number of likely N-dealkylation sites (tertiary alicyclic amines) is 1. The Morgan fingerprint density at radius 1 is 1.27 bits per heavy atom. The highest BCUT2D eigenvalue weighted by Crippen LogP contribution is 2.20. The molecule has 0 bridgehead atoms. The lowest BCUT2D eigenvalue weighted by Crippen LogP contribution is -2.28. The molecule has 1 aliphatic rings. The maximum atomic E-state index is 11.7. The number of aliphatic hydroxyl groups excluding tert-OH is 2. The zero-order valence-corrected chi connectivity index (χ0v) is 9.19. The second-order valence-electron chi connectivity index (χ2n) is 4.19. The van der Waals surface area contributed by atoms with E-state index in [1.165, 1.54) is 0 Å². The quantitative estimate of drug-likeness (QED) is 0.630. The molecular formula is C11H21NO3. The number of aliphatic hydroxyl groups is 2. The van der Waals surface area contributed by atoms with Gasteiger partial charge in [-0.3, -0.25) is 4.79 Å². The minimum Gasteiger partial charge on any atom is -0.396 e. The van der Waals surface area contributed by atoms with Gasteiger partial charge in [-0.05, 0) is 31.6 Å². The smallest absolute Gasteiger partial charge is 0.222 e. The highest BCUT2D eigenvalue weighted by atomic mass is 16.3. The molecule has 2 N–H and O–H groups in total. The molecule has 0 aromatic heterocycles. The van der Waals surface area contributed by atoms with Crippen molar-refractivity contribution in [2.45, 2.75) is 32.1 Å². The van der Waals surface area contributed by atoms with Gasteiger partial charge in [-0.2, -0.15) is 0 Å². The SMILES string of the molecule is O=C(CCCCO)N1CCC(CCO)C1. The number of unbranched alkanes of at least 4 members (excludes halogenated alkanes) is 1. The van der Waals surface area contributed by atoms with Crippen LogP contribution in [0.25, 0.3) is 0 Å². The van der Waals surface area contributed by atoms with Crippen LogP contribution >= 0.6 is 0 Å². The standard InChI is InChI=1S/C11H21NO3/c13-7-2-1-3-11(15)12-6-4-10(9-12)5-8-14/h10,13-14H,1-9H2. The Bertz CT molecular complexity index is 196. The van der Waals surface area contributed by atoms with Crippen LogP contribution in [0.3, 0.4) is 0 Å². The molecule has 0 aromatic rings. The van der Waals surface area contributed by atoms with Crippen molar-refractivity contribution in [1.29, 1.82) is 0 Å². The predicted molar refractivity (Wildman–Crippen MR) is 57.3 cm³/mol. The van der Waals surface area contributed by atoms with Crippen LogP contribution in [0.4, 0.5) is 0 Å². The van der Waals surface area contributed by atoms with Crippen LogP contribution in [-0.2, 0) is 4.79 Å². The number of nitrogens with zero attached hydrogens (tertiary/aromatic N) is 1. The molecule has 0 spiro atoms. The summed E-state index contributed by atoms with van der Waals surface area (Å²) in [6.45, 7) is 2.03. The summed E-state index contributed by atoms with van der Waals surface area (Å²) in [7, 11) is 0. The molecule has 0 aliphatic carbocycles. The van der Waals surface area contributed by atoms with Crippen molar-refractivity contribution in [2.75, 3.05) is 26.3 Å². The molecule has 0 aromatic carbocycles. The van der Waals surface area contributed by atoms with Crippen LogP contribution in [0.5, 0.6) is 0 Å². The van der Waals surface area contributed by atoms with Crippen molar-refractivity contribution in [2.24, 2.45) is 5.92 Å². The Kier molecular flexibility index (Phi) is 5.65. The van der Waals surface area contributed by atoms with E-state index in [1.807, 2.05) is 4.90 Å². The zero-order valence-electron chi connectivity index (χ0n) is 9.19. The number of carbonyl (C=O) groups is 1. The Balaban J connectivity index is 2.18. The highest BCUT2D eigenvalue weighted by Gasteiger charge is 2.24. The molecule has 1 atom stereocenters. The van der Waals surface area contributed by atoms with Gasteiger partial charge in [0.1, 0.15) is 0 Å². The molecule has 1 saturated heterocycles. The highest BCUT2D eigenvalue weighted by molar-refractivity contribution is 5.76. The molecule has 0 saturated carbocycles. The minimum absolute atomic E-state index is 0.167. The first-order valence-electron chi connectivity index (χ1n) is 5.77. The van der Waals surface area contributed by atoms with E-state index in [4.69, 9.17) is 10.2 Å². The molecule has 1 rings (SSSR count). The average Bonchev–Trinajstić information content (AvgIpc) is 2.67. The van der Waals surface area contributed by atoms with Crippen LogP contribution in [0, 0.1) is 5.92 Å². The molecule has 1 heterocycles. The number of hydrogen-bond acceptors (Lipinski definition) is 3. The summed E-state index contributed by atoms with van der Waals surface area (Å²) < 4.78 is 0. The molecule has 1 amide bonds. The monoisotopic (exact) mass is 215 g/mol. The van der Waals surface area contributed by atoms with E-state index in [0.717, 1.165) is 32.4 Å². The van der Waals surface area contributed by atoms with E-state index >= 15 is 0 Å². The predicted octanol–water partition coefficient (Wildman–Crippen LogP) is 0.380. The van der Waals surface area contributed by atoms with E-state index in [0.29, 0.717) is 18.8 Å². The lowest BCUT2D eigenvalue weighted by molar-refractivity contribution is -0.130. The fourth-order valence-electron chi connectivity index (χ4n) is 2.02. The second-order valence-corrected chi connectivity index (χ2v) is 4.19. The topological polar surface area (TPSA) is 60.8 Å². The van der Waals surface area contributed by atoms with Crippen LogP contribution in [-0.4, -0.2) is 47.3 Å². The first-order valence-corrected chi connectivity index (χ1v) is 5.77. The molecule has 0 radical (unpaired) electrons. The molecule has 88 valence electrons. The largest absolute Gasteiger partial charge is 0.396 e. The van der Waals surface area contributed by atoms with Gasteiger partial charge >= 0.3 is 0 Å². The molecule has 4 nitrogen and oxygen atoms in total. The van der Waals surface area contributed by atoms with Gasteiger partial charge < -0.3 is 15.1 Å². The van der Waals surface area contributed by atoms with Crippen LogP contribution in [0.2, 0.25) is 0 Å². The fraction of sp³-hybridized carbons (Fsp3) is 0.909. The Labute approximate surface area is 90.9 Å². The normalized spacial score (nSPS) is 20.9. The summed E-state index contributed by atoms with van der Waals surface area (Å²) in [5.41, 5.74) is 0. The van der Waals surface area contributed by atoms with Gasteiger partial charge in [0.2, 0.25) is 5.91 Å². The first kappa shape index (κ1) is 12.5. The minimum atomic E-state index is 0.167. The number of hydrogen-bond donors (Lipinski definition) is 2. The Morgan fingerprint density at radius 3 is 2.73 bits per heavy atom. The summed E-state index contributed by atoms with van der Waals surface area (Å²) >= 11 is 0. The third kappa shape index (κ3) is 4.18. The van der Waals surface area contributed by atoms with Gasteiger partial charge in [0.15, 0.2) is 0 Å². The summed E-state index contributed by atoms with van der Waals surface area (Å²) in [6.07, 6.45) is 3.86. The third-order valence-electron chi connectivity index (χ3n) is 2.97. The van der Waals surface area contributed by atoms with Gasteiger partial charge in [-0.15, -0.1) is 0 Å². The Morgan fingerprint density at radius 2 is 2.07 bits per heavy atom. The van der Waals surface area contributed by atoms with Crippen molar-refractivity contribution in [3.8, 4) is 0 Å². The summed E-state index contributed by atoms with van der Waals surface area (Å²) in [5, 5.41) is 17.4. The first-order chi connectivity index (χ1) is 7.27. The van der Waals surface area contributed by atoms with E-state index in [-0.39, 0.29) is 19.1 Å². The number of amides is 1. The molecular weight excluding hydrogens is 194 g/mol. The van der Waals surface area contributed by atoms with Gasteiger partial charge in [-0.1, -0.05) is 0 Å². The molecule has 1 aliphatic heterocycles. The second kappa shape index (κ2) is 6.80. The summed E-state index contributed by atoms with van der Waals surface area (Å²) in [6, 6.07) is 0. The van der Waals surface area contributed by atoms with Crippen molar-refractivity contribution in [1.82, 2.24) is 4.90 Å². The maximum Gasteiger partial charge on any atom is 0.222 e. The molecule has 15 heavy (non-hydrogen) atoms. The van der Waals surface area contributed by atoms with Crippen molar-refractivity contribution < 1.29 is 15.0 Å². The maximum absolute atomic E-state index is 11.7. The van der Waals surface area contributed by atoms with Crippen molar-refractivity contribution in [3.05, 3.63) is 0 Å². The average molecular weight is 215 g/mol. The van der Waals surface area contributed by atoms with Gasteiger partial charge in [-0.25, -0.2) is 0 Å². The van der Waals surface area contributed by atoms with E-state index in [9.17, 15) is 4.79 Å². The van der Waals surface area contributed by atoms with Gasteiger partial charge in [0, 0.05) is 32.7 Å². The molecule has 4 heteroatoms.